The first-order valence-electron chi connectivity index (χ1n) is 16.8. The topological polar surface area (TPSA) is 281 Å². The Balaban J connectivity index is 1.37. The average molecular weight is 711 g/mol. The van der Waals surface area contributed by atoms with E-state index in [9.17, 15) is 55.5 Å². The van der Waals surface area contributed by atoms with Crippen LogP contribution in [0.1, 0.15) is 52.4 Å². The van der Waals surface area contributed by atoms with Gasteiger partial charge in [0.25, 0.3) is 0 Å². The van der Waals surface area contributed by atoms with Crippen LogP contribution in [0.15, 0.2) is 0 Å². The third-order valence-electron chi connectivity index (χ3n) is 10.3. The predicted molar refractivity (Wildman–Crippen MR) is 158 cm³/mol. The zero-order valence-electron chi connectivity index (χ0n) is 27.3. The van der Waals surface area contributed by atoms with E-state index in [-0.39, 0.29) is 38.0 Å². The van der Waals surface area contributed by atoms with E-state index in [4.69, 9.17) is 33.2 Å². The van der Waals surface area contributed by atoms with Crippen molar-refractivity contribution in [1.82, 2.24) is 0 Å². The molecule has 0 bridgehead atoms. The first-order valence-corrected chi connectivity index (χ1v) is 16.8. The summed E-state index contributed by atoms with van der Waals surface area (Å²) in [6, 6.07) is 0. The Kier molecular flexibility index (Phi) is 12.9. The first-order chi connectivity index (χ1) is 23.1. The quantitative estimate of drug-likeness (QED) is 0.103. The molecule has 2 aliphatic carbocycles. The molecule has 0 radical (unpaired) electrons. The van der Waals surface area contributed by atoms with Gasteiger partial charge in [0.15, 0.2) is 12.6 Å². The van der Waals surface area contributed by atoms with Crippen LogP contribution in [0.25, 0.3) is 0 Å². The number of hydrogen-bond acceptors (Lipinski definition) is 18. The van der Waals surface area contributed by atoms with E-state index in [1.54, 1.807) is 0 Å². The highest BCUT2D eigenvalue weighted by Crippen LogP contribution is 2.45. The minimum atomic E-state index is -1.73. The van der Waals surface area contributed by atoms with Crippen LogP contribution in [0.2, 0.25) is 0 Å². The van der Waals surface area contributed by atoms with Gasteiger partial charge < -0.3 is 79.1 Å². The molecule has 0 aromatic rings. The predicted octanol–water partition coefficient (Wildman–Crippen LogP) is -4.05. The number of carbonyl (C=O) groups is 2. The summed E-state index contributed by atoms with van der Waals surface area (Å²) < 4.78 is 40.4. The van der Waals surface area contributed by atoms with E-state index >= 15 is 0 Å². The molecule has 0 aromatic heterocycles. The molecule has 19 unspecified atom stereocenters. The van der Waals surface area contributed by atoms with Crippen molar-refractivity contribution in [2.45, 2.75) is 157 Å². The average Bonchev–Trinajstić information content (AvgIpc) is 3.05. The monoisotopic (exact) mass is 710 g/mol. The van der Waals surface area contributed by atoms with Gasteiger partial charge in [-0.25, -0.2) is 0 Å². The lowest BCUT2D eigenvalue weighted by Gasteiger charge is -2.52. The minimum Gasteiger partial charge on any atom is -0.463 e. The van der Waals surface area contributed by atoms with E-state index in [1.165, 1.54) is 0 Å². The molecular weight excluding hydrogens is 660 g/mol. The molecule has 0 spiro atoms. The summed E-state index contributed by atoms with van der Waals surface area (Å²) in [5.74, 6) is -2.21. The second-order valence-electron chi connectivity index (χ2n) is 13.9. The van der Waals surface area contributed by atoms with Crippen LogP contribution in [-0.2, 0) is 42.7 Å². The van der Waals surface area contributed by atoms with Gasteiger partial charge in [-0.2, -0.15) is 0 Å². The van der Waals surface area contributed by atoms with Crippen LogP contribution in [0, 0.1) is 11.8 Å². The number of hydrogen-bond donors (Lipinski definition) is 9. The first kappa shape index (κ1) is 38.6. The van der Waals surface area contributed by atoms with E-state index < -0.39 is 135 Å². The molecule has 3 heterocycles. The standard InChI is InChI=1S/C31H50O18/c1-11(32)43-9-21-23(37)25(39)27(41)30(48-21)46-19-7-14(34)6-18-15(19)8-20(29(45-18)13-3-4-16(35)17(36)5-13)47-31-28(42)26(40)24(38)22(49-31)10-44-12(2)33/h13-31,34-42H,3-10H2,1-2H3. The zero-order chi connectivity index (χ0) is 35.7. The molecule has 2 saturated carbocycles. The Labute approximate surface area is 282 Å². The van der Waals surface area contributed by atoms with Crippen LogP contribution in [0.3, 0.4) is 0 Å². The summed E-state index contributed by atoms with van der Waals surface area (Å²) in [7, 11) is 0. The maximum atomic E-state index is 11.4. The van der Waals surface area contributed by atoms with Crippen molar-refractivity contribution in [3.05, 3.63) is 0 Å². The molecule has 19 atom stereocenters. The van der Waals surface area contributed by atoms with Crippen molar-refractivity contribution in [2.75, 3.05) is 13.2 Å². The second kappa shape index (κ2) is 16.4. The van der Waals surface area contributed by atoms with E-state index in [1.807, 2.05) is 0 Å². The Bertz CT molecular complexity index is 1110. The fourth-order valence-electron chi connectivity index (χ4n) is 7.62. The number of fused-ring (bicyclic) bond motifs is 1. The Morgan fingerprint density at radius 2 is 1.12 bits per heavy atom. The number of aliphatic hydroxyl groups excluding tert-OH is 9. The fourth-order valence-corrected chi connectivity index (χ4v) is 7.62. The summed E-state index contributed by atoms with van der Waals surface area (Å²) in [6.07, 6.45) is -20.4. The van der Waals surface area contributed by atoms with Gasteiger partial charge in [-0.3, -0.25) is 9.59 Å². The van der Waals surface area contributed by atoms with Crippen LogP contribution in [0.5, 0.6) is 0 Å². The fraction of sp³-hybridized carbons (Fsp3) is 0.935. The molecule has 18 nitrogen and oxygen atoms in total. The minimum absolute atomic E-state index is 0.0496. The molecule has 5 aliphatic rings. The summed E-state index contributed by atoms with van der Waals surface area (Å²) in [6.45, 7) is 1.46. The molecule has 18 heteroatoms. The van der Waals surface area contributed by atoms with Crippen molar-refractivity contribution in [3.8, 4) is 0 Å². The molecule has 9 N–H and O–H groups in total. The molecular formula is C31H50O18. The number of ether oxygens (including phenoxy) is 7. The van der Waals surface area contributed by atoms with Crippen LogP contribution < -0.4 is 0 Å². The maximum Gasteiger partial charge on any atom is 0.302 e. The highest BCUT2D eigenvalue weighted by Gasteiger charge is 2.54. The summed E-state index contributed by atoms with van der Waals surface area (Å²) in [5.41, 5.74) is 0. The molecule has 5 rings (SSSR count). The highest BCUT2D eigenvalue weighted by atomic mass is 16.7. The SMILES string of the molecule is CC(=O)OCC1OC(OC2CC(O)CC3OC(C4CCC(O)C(O)C4)C(OC4OC(COC(C)=O)C(O)C(O)C4O)CC23)C(O)C(O)C1O. The van der Waals surface area contributed by atoms with Crippen molar-refractivity contribution >= 4 is 11.9 Å². The van der Waals surface area contributed by atoms with Gasteiger partial charge >= 0.3 is 11.9 Å². The maximum absolute atomic E-state index is 11.4. The van der Waals surface area contributed by atoms with E-state index in [0.717, 1.165) is 13.8 Å². The molecule has 3 saturated heterocycles. The lowest BCUT2D eigenvalue weighted by atomic mass is 9.72. The summed E-state index contributed by atoms with van der Waals surface area (Å²) in [5, 5.41) is 95.2. The number of carbonyl (C=O) groups excluding carboxylic acids is 2. The molecule has 3 aliphatic heterocycles. The molecule has 0 amide bonds. The molecule has 5 fully saturated rings. The van der Waals surface area contributed by atoms with Crippen LogP contribution in [0.4, 0.5) is 0 Å². The smallest absolute Gasteiger partial charge is 0.302 e. The van der Waals surface area contributed by atoms with Crippen molar-refractivity contribution in [1.29, 1.82) is 0 Å². The third-order valence-corrected chi connectivity index (χ3v) is 10.3. The van der Waals surface area contributed by atoms with E-state index in [0.29, 0.717) is 6.42 Å². The van der Waals surface area contributed by atoms with Gasteiger partial charge in [0.1, 0.15) is 62.0 Å². The van der Waals surface area contributed by atoms with Gasteiger partial charge in [-0.1, -0.05) is 0 Å². The van der Waals surface area contributed by atoms with Crippen LogP contribution in [-0.4, -0.2) is 175 Å². The lowest BCUT2D eigenvalue weighted by molar-refractivity contribution is -0.344. The number of esters is 2. The van der Waals surface area contributed by atoms with E-state index in [2.05, 4.69) is 0 Å². The van der Waals surface area contributed by atoms with Gasteiger partial charge in [0.05, 0.1) is 42.7 Å². The third kappa shape index (κ3) is 8.89. The lowest BCUT2D eigenvalue weighted by Crippen LogP contribution is -2.63. The zero-order valence-corrected chi connectivity index (χ0v) is 27.3. The Morgan fingerprint density at radius 3 is 1.63 bits per heavy atom. The van der Waals surface area contributed by atoms with Gasteiger partial charge in [-0.15, -0.1) is 0 Å². The molecule has 282 valence electrons. The Hall–Kier alpha value is -1.62. The van der Waals surface area contributed by atoms with Crippen molar-refractivity contribution in [3.63, 3.8) is 0 Å². The molecule has 49 heavy (non-hydrogen) atoms. The largest absolute Gasteiger partial charge is 0.463 e. The van der Waals surface area contributed by atoms with Crippen molar-refractivity contribution < 1.29 is 88.7 Å². The molecule has 0 aromatic carbocycles. The summed E-state index contributed by atoms with van der Waals surface area (Å²) >= 11 is 0. The van der Waals surface area contributed by atoms with Crippen LogP contribution >= 0.6 is 0 Å². The Morgan fingerprint density at radius 1 is 0.592 bits per heavy atom. The number of aliphatic hydroxyl groups is 9. The van der Waals surface area contributed by atoms with Crippen molar-refractivity contribution in [2.24, 2.45) is 11.8 Å². The van der Waals surface area contributed by atoms with Gasteiger partial charge in [-0.05, 0) is 38.0 Å². The van der Waals surface area contributed by atoms with Gasteiger partial charge in [0, 0.05) is 26.2 Å². The second-order valence-corrected chi connectivity index (χ2v) is 13.9. The summed E-state index contributed by atoms with van der Waals surface area (Å²) in [4.78, 5) is 22.8. The number of rotatable bonds is 9. The highest BCUT2D eigenvalue weighted by molar-refractivity contribution is 5.66. The normalized spacial score (nSPS) is 49.1. The van der Waals surface area contributed by atoms with Gasteiger partial charge in [0.2, 0.25) is 0 Å².